The molecule has 0 spiro atoms. The number of rotatable bonds is 3. The van der Waals surface area contributed by atoms with Crippen molar-refractivity contribution >= 4 is 16.8 Å². The third-order valence-corrected chi connectivity index (χ3v) is 2.32. The summed E-state index contributed by atoms with van der Waals surface area (Å²) in [6.45, 7) is 0. The van der Waals surface area contributed by atoms with Gasteiger partial charge in [-0.15, -0.1) is 10.2 Å². The SMILES string of the molecule is COc1ccc(C(=O)Cl)cc1-n1cnnc1. The Morgan fingerprint density at radius 2 is 2.06 bits per heavy atom. The number of benzene rings is 1. The minimum Gasteiger partial charge on any atom is -0.495 e. The molecule has 0 aliphatic rings. The number of methoxy groups -OCH3 is 1. The van der Waals surface area contributed by atoms with Crippen LogP contribution in [0.1, 0.15) is 10.4 Å². The van der Waals surface area contributed by atoms with Crippen LogP contribution in [0.4, 0.5) is 0 Å². The lowest BCUT2D eigenvalue weighted by Crippen LogP contribution is -1.98. The van der Waals surface area contributed by atoms with Crippen LogP contribution in [0.15, 0.2) is 30.9 Å². The lowest BCUT2D eigenvalue weighted by Gasteiger charge is -2.09. The quantitative estimate of drug-likeness (QED) is 0.762. The zero-order valence-corrected chi connectivity index (χ0v) is 9.18. The van der Waals surface area contributed by atoms with Gasteiger partial charge in [-0.25, -0.2) is 0 Å². The summed E-state index contributed by atoms with van der Waals surface area (Å²) < 4.78 is 6.81. The van der Waals surface area contributed by atoms with E-state index in [2.05, 4.69) is 10.2 Å². The van der Waals surface area contributed by atoms with Crippen LogP contribution in [0.25, 0.3) is 5.69 Å². The van der Waals surface area contributed by atoms with E-state index in [0.29, 0.717) is 17.0 Å². The monoisotopic (exact) mass is 237 g/mol. The second kappa shape index (κ2) is 4.32. The van der Waals surface area contributed by atoms with Crippen molar-refractivity contribution in [2.45, 2.75) is 0 Å². The third-order valence-electron chi connectivity index (χ3n) is 2.10. The summed E-state index contributed by atoms with van der Waals surface area (Å²) in [5.41, 5.74) is 1.06. The molecule has 5 nitrogen and oxygen atoms in total. The van der Waals surface area contributed by atoms with E-state index in [9.17, 15) is 4.79 Å². The molecule has 0 bridgehead atoms. The normalized spacial score (nSPS) is 10.1. The molecule has 0 saturated carbocycles. The van der Waals surface area contributed by atoms with Gasteiger partial charge in [-0.2, -0.15) is 0 Å². The van der Waals surface area contributed by atoms with Crippen LogP contribution in [-0.2, 0) is 0 Å². The first kappa shape index (κ1) is 10.6. The molecular weight excluding hydrogens is 230 g/mol. The van der Waals surface area contributed by atoms with Crippen molar-refractivity contribution in [2.75, 3.05) is 7.11 Å². The summed E-state index contributed by atoms with van der Waals surface area (Å²) in [5.74, 6) is 0.612. The molecule has 0 amide bonds. The van der Waals surface area contributed by atoms with Gasteiger partial charge in [0, 0.05) is 5.56 Å². The molecule has 0 aliphatic heterocycles. The maximum Gasteiger partial charge on any atom is 0.252 e. The number of nitrogens with zero attached hydrogens (tertiary/aromatic N) is 3. The van der Waals surface area contributed by atoms with E-state index >= 15 is 0 Å². The number of halogens is 1. The Morgan fingerprint density at radius 3 is 2.62 bits per heavy atom. The Hall–Kier alpha value is -1.88. The molecule has 16 heavy (non-hydrogen) atoms. The van der Waals surface area contributed by atoms with E-state index < -0.39 is 5.24 Å². The van der Waals surface area contributed by atoms with Crippen molar-refractivity contribution in [1.29, 1.82) is 0 Å². The summed E-state index contributed by atoms with van der Waals surface area (Å²) in [5, 5.41) is 6.86. The topological polar surface area (TPSA) is 57.0 Å². The van der Waals surface area contributed by atoms with Crippen molar-refractivity contribution in [3.63, 3.8) is 0 Å². The van der Waals surface area contributed by atoms with Crippen LogP contribution in [0, 0.1) is 0 Å². The molecule has 0 unspecified atom stereocenters. The molecule has 6 heteroatoms. The second-order valence-corrected chi connectivity index (χ2v) is 3.37. The first-order valence-corrected chi connectivity index (χ1v) is 4.83. The van der Waals surface area contributed by atoms with Crippen LogP contribution in [0.2, 0.25) is 0 Å². The van der Waals surface area contributed by atoms with Gasteiger partial charge in [0.1, 0.15) is 18.4 Å². The number of carbonyl (C=O) groups is 1. The summed E-state index contributed by atoms with van der Waals surface area (Å²) in [4.78, 5) is 11.1. The van der Waals surface area contributed by atoms with Crippen molar-refractivity contribution < 1.29 is 9.53 Å². The lowest BCUT2D eigenvalue weighted by atomic mass is 10.2. The summed E-state index contributed by atoms with van der Waals surface area (Å²) in [6.07, 6.45) is 3.03. The van der Waals surface area contributed by atoms with Gasteiger partial charge in [0.2, 0.25) is 0 Å². The summed E-state index contributed by atoms with van der Waals surface area (Å²) in [6, 6.07) is 4.89. The first-order valence-electron chi connectivity index (χ1n) is 4.45. The molecule has 82 valence electrons. The summed E-state index contributed by atoms with van der Waals surface area (Å²) in [7, 11) is 1.55. The average Bonchev–Trinajstić information content (AvgIpc) is 2.81. The van der Waals surface area contributed by atoms with Crippen LogP contribution in [0.3, 0.4) is 0 Å². The third kappa shape index (κ3) is 1.90. The highest BCUT2D eigenvalue weighted by molar-refractivity contribution is 6.67. The predicted molar refractivity (Wildman–Crippen MR) is 58.1 cm³/mol. The number of carbonyl (C=O) groups excluding carboxylic acids is 1. The van der Waals surface area contributed by atoms with Gasteiger partial charge in [-0.3, -0.25) is 9.36 Å². The fourth-order valence-electron chi connectivity index (χ4n) is 1.34. The molecular formula is C10H8ClN3O2. The number of ether oxygens (including phenoxy) is 1. The highest BCUT2D eigenvalue weighted by Gasteiger charge is 2.09. The van der Waals surface area contributed by atoms with Crippen LogP contribution >= 0.6 is 11.6 Å². The van der Waals surface area contributed by atoms with Gasteiger partial charge in [-0.05, 0) is 29.8 Å². The highest BCUT2D eigenvalue weighted by Crippen LogP contribution is 2.24. The van der Waals surface area contributed by atoms with Crippen LogP contribution < -0.4 is 4.74 Å². The fourth-order valence-corrected chi connectivity index (χ4v) is 1.46. The van der Waals surface area contributed by atoms with Crippen molar-refractivity contribution in [1.82, 2.24) is 14.8 Å². The lowest BCUT2D eigenvalue weighted by molar-refractivity contribution is 0.108. The molecule has 0 radical (unpaired) electrons. The predicted octanol–water partition coefficient (Wildman–Crippen LogP) is 1.65. The molecule has 0 aliphatic carbocycles. The van der Waals surface area contributed by atoms with Gasteiger partial charge in [0.25, 0.3) is 5.24 Å². The standard InChI is InChI=1S/C10H8ClN3O2/c1-16-9-3-2-7(10(11)15)4-8(9)14-5-12-13-6-14/h2-6H,1H3. The Balaban J connectivity index is 2.56. The van der Waals surface area contributed by atoms with Gasteiger partial charge in [-0.1, -0.05) is 0 Å². The van der Waals surface area contributed by atoms with E-state index in [1.54, 1.807) is 29.9 Å². The fraction of sp³-hybridized carbons (Fsp3) is 0.100. The van der Waals surface area contributed by atoms with Gasteiger partial charge < -0.3 is 4.74 Å². The maximum atomic E-state index is 11.1. The average molecular weight is 238 g/mol. The number of hydrogen-bond acceptors (Lipinski definition) is 4. The molecule has 0 atom stereocenters. The molecule has 1 aromatic heterocycles. The van der Waals surface area contributed by atoms with E-state index in [4.69, 9.17) is 16.3 Å². The zero-order chi connectivity index (χ0) is 11.5. The van der Waals surface area contributed by atoms with Gasteiger partial charge >= 0.3 is 0 Å². The van der Waals surface area contributed by atoms with E-state index in [1.807, 2.05) is 0 Å². The molecule has 0 saturated heterocycles. The first-order chi connectivity index (χ1) is 7.72. The number of hydrogen-bond donors (Lipinski definition) is 0. The Kier molecular flexibility index (Phi) is 2.87. The molecule has 2 rings (SSSR count). The van der Waals surface area contributed by atoms with E-state index in [-0.39, 0.29) is 0 Å². The maximum absolute atomic E-state index is 11.1. The minimum atomic E-state index is -0.517. The van der Waals surface area contributed by atoms with E-state index in [0.717, 1.165) is 0 Å². The largest absolute Gasteiger partial charge is 0.495 e. The van der Waals surface area contributed by atoms with Gasteiger partial charge in [0.15, 0.2) is 0 Å². The second-order valence-electron chi connectivity index (χ2n) is 3.03. The highest BCUT2D eigenvalue weighted by atomic mass is 35.5. The zero-order valence-electron chi connectivity index (χ0n) is 8.42. The smallest absolute Gasteiger partial charge is 0.252 e. The Bertz CT molecular complexity index is 511. The molecule has 1 heterocycles. The molecule has 1 aromatic carbocycles. The van der Waals surface area contributed by atoms with E-state index in [1.165, 1.54) is 12.7 Å². The minimum absolute atomic E-state index is 0.395. The molecule has 0 N–H and O–H groups in total. The summed E-state index contributed by atoms with van der Waals surface area (Å²) >= 11 is 5.41. The van der Waals surface area contributed by atoms with Crippen LogP contribution in [-0.4, -0.2) is 27.1 Å². The molecule has 0 fully saturated rings. The van der Waals surface area contributed by atoms with Crippen molar-refractivity contribution in [3.05, 3.63) is 36.4 Å². The molecule has 2 aromatic rings. The van der Waals surface area contributed by atoms with Crippen molar-refractivity contribution in [2.24, 2.45) is 0 Å². The van der Waals surface area contributed by atoms with Crippen molar-refractivity contribution in [3.8, 4) is 11.4 Å². The Labute approximate surface area is 96.6 Å². The van der Waals surface area contributed by atoms with Gasteiger partial charge in [0.05, 0.1) is 12.8 Å². The number of aromatic nitrogens is 3. The van der Waals surface area contributed by atoms with Crippen LogP contribution in [0.5, 0.6) is 5.75 Å². The Morgan fingerprint density at radius 1 is 1.38 bits per heavy atom.